The molecule has 1 fully saturated rings. The van der Waals surface area contributed by atoms with Crippen LogP contribution in [0.1, 0.15) is 30.9 Å². The van der Waals surface area contributed by atoms with Crippen molar-refractivity contribution in [3.63, 3.8) is 0 Å². The number of fused-ring (bicyclic) bond motifs is 1. The molecule has 10 heteroatoms. The van der Waals surface area contributed by atoms with Crippen molar-refractivity contribution in [3.8, 4) is 0 Å². The van der Waals surface area contributed by atoms with Gasteiger partial charge in [-0.2, -0.15) is 5.10 Å². The first kappa shape index (κ1) is 24.4. The summed E-state index contributed by atoms with van der Waals surface area (Å²) in [6.45, 7) is 2.67. The monoisotopic (exact) mass is 504 g/mol. The van der Waals surface area contributed by atoms with Crippen molar-refractivity contribution < 1.29 is 17.6 Å². The quantitative estimate of drug-likeness (QED) is 0.390. The zero-order valence-electron chi connectivity index (χ0n) is 18.7. The lowest BCUT2D eigenvalue weighted by Gasteiger charge is -2.30. The average molecular weight is 505 g/mol. The Bertz CT molecular complexity index is 1340. The molecule has 34 heavy (non-hydrogen) atoms. The molecule has 180 valence electrons. The third kappa shape index (κ3) is 5.32. The van der Waals surface area contributed by atoms with Crippen molar-refractivity contribution in [2.45, 2.75) is 26.3 Å². The molecule has 0 saturated carbocycles. The fourth-order valence-corrected chi connectivity index (χ4v) is 5.60. The molecular formula is C24H26ClFN4O3S. The molecule has 4 rings (SSSR count). The molecule has 1 amide bonds. The molecule has 2 heterocycles. The highest BCUT2D eigenvalue weighted by atomic mass is 35.5. The van der Waals surface area contributed by atoms with Crippen LogP contribution in [0, 0.1) is 11.7 Å². The van der Waals surface area contributed by atoms with Crippen molar-refractivity contribution in [2.24, 2.45) is 11.0 Å². The normalized spacial score (nSPS) is 17.4. The number of carbonyl (C=O) groups excluding carboxylic acids is 1. The summed E-state index contributed by atoms with van der Waals surface area (Å²) in [5, 5.41) is 5.44. The second-order valence-corrected chi connectivity index (χ2v) is 11.0. The Kier molecular flexibility index (Phi) is 7.35. The maximum Gasteiger partial charge on any atom is 0.244 e. The summed E-state index contributed by atoms with van der Waals surface area (Å²) in [6.07, 6.45) is 4.73. The van der Waals surface area contributed by atoms with Crippen LogP contribution in [0.4, 0.5) is 4.39 Å². The van der Waals surface area contributed by atoms with E-state index in [1.807, 2.05) is 35.0 Å². The van der Waals surface area contributed by atoms with Crippen LogP contribution in [-0.2, 0) is 21.4 Å². The molecule has 1 atom stereocenters. The van der Waals surface area contributed by atoms with E-state index >= 15 is 0 Å². The SMILES string of the molecule is CCS(=O)(=O)N1CCCC(C(=O)N/N=C/c2cn(Cc3ccc(F)cc3Cl)c3ccccc23)C1. The summed E-state index contributed by atoms with van der Waals surface area (Å²) in [6, 6.07) is 12.1. The van der Waals surface area contributed by atoms with Gasteiger partial charge in [0, 0.05) is 47.3 Å². The third-order valence-corrected chi connectivity index (χ3v) is 8.27. The minimum Gasteiger partial charge on any atom is -0.342 e. The van der Waals surface area contributed by atoms with Gasteiger partial charge in [0.05, 0.1) is 17.9 Å². The van der Waals surface area contributed by atoms with Gasteiger partial charge in [0.1, 0.15) is 5.82 Å². The van der Waals surface area contributed by atoms with Crippen molar-refractivity contribution in [1.82, 2.24) is 14.3 Å². The number of hydrogen-bond donors (Lipinski definition) is 1. The topological polar surface area (TPSA) is 83.8 Å². The maximum absolute atomic E-state index is 13.4. The summed E-state index contributed by atoms with van der Waals surface area (Å²) < 4.78 is 41.1. The summed E-state index contributed by atoms with van der Waals surface area (Å²) in [7, 11) is -3.32. The number of aromatic nitrogens is 1. The van der Waals surface area contributed by atoms with Crippen LogP contribution in [0.15, 0.2) is 53.8 Å². The molecule has 1 saturated heterocycles. The van der Waals surface area contributed by atoms with E-state index in [1.54, 1.807) is 19.2 Å². The first-order chi connectivity index (χ1) is 16.3. The molecule has 0 aliphatic carbocycles. The minimum atomic E-state index is -3.32. The van der Waals surface area contributed by atoms with E-state index in [0.717, 1.165) is 22.0 Å². The van der Waals surface area contributed by atoms with Gasteiger partial charge >= 0.3 is 0 Å². The predicted octanol–water partition coefficient (Wildman–Crippen LogP) is 3.99. The predicted molar refractivity (Wildman–Crippen MR) is 132 cm³/mol. The number of amides is 1. The Morgan fingerprint density at radius 2 is 2.09 bits per heavy atom. The number of rotatable bonds is 7. The van der Waals surface area contributed by atoms with E-state index in [-0.39, 0.29) is 24.0 Å². The Balaban J connectivity index is 1.49. The number of hydrazone groups is 1. The summed E-state index contributed by atoms with van der Waals surface area (Å²) in [4.78, 5) is 12.6. The molecule has 2 aromatic carbocycles. The fraction of sp³-hybridized carbons (Fsp3) is 0.333. The van der Waals surface area contributed by atoms with Crippen LogP contribution >= 0.6 is 11.6 Å². The van der Waals surface area contributed by atoms with Gasteiger partial charge in [-0.1, -0.05) is 35.9 Å². The van der Waals surface area contributed by atoms with Gasteiger partial charge in [-0.15, -0.1) is 0 Å². The second-order valence-electron chi connectivity index (χ2n) is 8.30. The van der Waals surface area contributed by atoms with E-state index < -0.39 is 15.9 Å². The number of nitrogens with zero attached hydrogens (tertiary/aromatic N) is 3. The second kappa shape index (κ2) is 10.2. The number of benzene rings is 2. The van der Waals surface area contributed by atoms with Crippen molar-refractivity contribution in [2.75, 3.05) is 18.8 Å². The number of carbonyl (C=O) groups is 1. The van der Waals surface area contributed by atoms with Gasteiger partial charge in [0.25, 0.3) is 0 Å². The molecule has 0 bridgehead atoms. The fourth-order valence-electron chi connectivity index (χ4n) is 4.19. The molecule has 1 aromatic heterocycles. The van der Waals surface area contributed by atoms with Crippen LogP contribution < -0.4 is 5.43 Å². The Morgan fingerprint density at radius 3 is 2.85 bits per heavy atom. The Hall–Kier alpha value is -2.75. The van der Waals surface area contributed by atoms with Crippen molar-refractivity contribution in [3.05, 3.63) is 70.6 Å². The number of sulfonamides is 1. The molecule has 1 aliphatic heterocycles. The number of piperidine rings is 1. The highest BCUT2D eigenvalue weighted by Crippen LogP contribution is 2.24. The molecule has 7 nitrogen and oxygen atoms in total. The highest BCUT2D eigenvalue weighted by molar-refractivity contribution is 7.89. The summed E-state index contributed by atoms with van der Waals surface area (Å²) in [5.74, 6) is -1.10. The van der Waals surface area contributed by atoms with E-state index in [0.29, 0.717) is 31.0 Å². The average Bonchev–Trinajstić information content (AvgIpc) is 3.18. The van der Waals surface area contributed by atoms with E-state index in [9.17, 15) is 17.6 Å². The van der Waals surface area contributed by atoms with Crippen LogP contribution in [0.2, 0.25) is 5.02 Å². The Morgan fingerprint density at radius 1 is 1.29 bits per heavy atom. The lowest BCUT2D eigenvalue weighted by atomic mass is 9.99. The van der Waals surface area contributed by atoms with Gasteiger partial charge < -0.3 is 4.57 Å². The third-order valence-electron chi connectivity index (χ3n) is 6.07. The molecule has 0 spiro atoms. The minimum absolute atomic E-state index is 0.0205. The van der Waals surface area contributed by atoms with Crippen LogP contribution in [-0.4, -0.2) is 48.3 Å². The lowest BCUT2D eigenvalue weighted by molar-refractivity contribution is -0.126. The highest BCUT2D eigenvalue weighted by Gasteiger charge is 2.31. The number of nitrogens with one attached hydrogen (secondary N) is 1. The molecule has 1 unspecified atom stereocenters. The Labute approximate surface area is 203 Å². The lowest BCUT2D eigenvalue weighted by Crippen LogP contribution is -2.45. The van der Waals surface area contributed by atoms with Crippen molar-refractivity contribution in [1.29, 1.82) is 0 Å². The molecule has 3 aromatic rings. The maximum atomic E-state index is 13.4. The zero-order chi connectivity index (χ0) is 24.3. The van der Waals surface area contributed by atoms with Crippen LogP contribution in [0.5, 0.6) is 0 Å². The molecule has 1 aliphatic rings. The first-order valence-electron chi connectivity index (χ1n) is 11.1. The summed E-state index contributed by atoms with van der Waals surface area (Å²) >= 11 is 6.21. The van der Waals surface area contributed by atoms with Gasteiger partial charge in [0.2, 0.25) is 15.9 Å². The molecular weight excluding hydrogens is 479 g/mol. The number of halogens is 2. The van der Waals surface area contributed by atoms with E-state index in [1.165, 1.54) is 16.4 Å². The van der Waals surface area contributed by atoms with Crippen LogP contribution in [0.3, 0.4) is 0 Å². The molecule has 1 N–H and O–H groups in total. The number of hydrogen-bond acceptors (Lipinski definition) is 4. The van der Waals surface area contributed by atoms with Crippen molar-refractivity contribution >= 4 is 44.6 Å². The van der Waals surface area contributed by atoms with E-state index in [2.05, 4.69) is 10.5 Å². The van der Waals surface area contributed by atoms with Gasteiger partial charge in [-0.25, -0.2) is 22.5 Å². The van der Waals surface area contributed by atoms with Crippen LogP contribution in [0.25, 0.3) is 10.9 Å². The van der Waals surface area contributed by atoms with Gasteiger partial charge in [-0.3, -0.25) is 4.79 Å². The van der Waals surface area contributed by atoms with Gasteiger partial charge in [-0.05, 0) is 43.5 Å². The largest absolute Gasteiger partial charge is 0.342 e. The van der Waals surface area contributed by atoms with Gasteiger partial charge in [0.15, 0.2) is 0 Å². The standard InChI is InChI=1S/C24H26ClFN4O3S/c1-2-34(32,33)30-11-5-6-18(16-30)24(31)28-27-13-19-15-29(23-8-4-3-7-21(19)23)14-17-9-10-20(26)12-22(17)25/h3-4,7-10,12-13,15,18H,2,5-6,11,14,16H2,1H3,(H,28,31)/b27-13+. The smallest absolute Gasteiger partial charge is 0.244 e. The molecule has 0 radical (unpaired) electrons. The van der Waals surface area contributed by atoms with E-state index in [4.69, 9.17) is 11.6 Å². The summed E-state index contributed by atoms with van der Waals surface area (Å²) in [5.41, 5.74) is 5.10. The first-order valence-corrected chi connectivity index (χ1v) is 13.1. The number of para-hydroxylation sites is 1. The zero-order valence-corrected chi connectivity index (χ0v) is 20.3.